The molecule has 0 saturated carbocycles. The van der Waals surface area contributed by atoms with E-state index < -0.39 is 0 Å². The number of pyridine rings is 1. The minimum Gasteiger partial charge on any atom is -0.295 e. The lowest BCUT2D eigenvalue weighted by atomic mass is 10.1. The van der Waals surface area contributed by atoms with Gasteiger partial charge in [-0.2, -0.15) is 5.10 Å². The van der Waals surface area contributed by atoms with E-state index in [2.05, 4.69) is 15.2 Å². The Labute approximate surface area is 105 Å². The number of nitrogens with zero attached hydrogens (tertiary/aromatic N) is 3. The second-order valence-corrected chi connectivity index (χ2v) is 4.38. The first-order valence-electron chi connectivity index (χ1n) is 6.11. The third kappa shape index (κ3) is 1.99. The van der Waals surface area contributed by atoms with E-state index in [9.17, 15) is 4.79 Å². The van der Waals surface area contributed by atoms with Gasteiger partial charge < -0.3 is 0 Å². The van der Waals surface area contributed by atoms with Crippen LogP contribution in [0.2, 0.25) is 0 Å². The van der Waals surface area contributed by atoms with Crippen molar-refractivity contribution in [3.63, 3.8) is 0 Å². The summed E-state index contributed by atoms with van der Waals surface area (Å²) in [5.41, 5.74) is 1.93. The Morgan fingerprint density at radius 3 is 2.83 bits per heavy atom. The molecule has 0 spiro atoms. The van der Waals surface area contributed by atoms with Crippen molar-refractivity contribution in [3.05, 3.63) is 30.6 Å². The Kier molecular flexibility index (Phi) is 2.80. The molecule has 1 saturated heterocycles. The number of piperidine rings is 1. The number of nitrogens with one attached hydrogen (secondary N) is 1. The number of hydrogen-bond donors (Lipinski definition) is 1. The van der Waals surface area contributed by atoms with Crippen LogP contribution in [0.5, 0.6) is 0 Å². The molecule has 0 atom stereocenters. The van der Waals surface area contributed by atoms with Crippen molar-refractivity contribution in [2.75, 3.05) is 11.4 Å². The molecule has 92 valence electrons. The zero-order valence-electron chi connectivity index (χ0n) is 9.97. The van der Waals surface area contributed by atoms with E-state index >= 15 is 0 Å². The summed E-state index contributed by atoms with van der Waals surface area (Å²) >= 11 is 0. The molecule has 1 aliphatic rings. The van der Waals surface area contributed by atoms with Crippen molar-refractivity contribution in [2.45, 2.75) is 19.3 Å². The van der Waals surface area contributed by atoms with Gasteiger partial charge in [-0.15, -0.1) is 0 Å². The molecule has 18 heavy (non-hydrogen) atoms. The second kappa shape index (κ2) is 4.60. The molecule has 0 unspecified atom stereocenters. The van der Waals surface area contributed by atoms with Crippen molar-refractivity contribution in [3.8, 4) is 11.3 Å². The minimum atomic E-state index is 0.161. The fraction of sp³-hybridized carbons (Fsp3) is 0.308. The highest BCUT2D eigenvalue weighted by atomic mass is 16.2. The maximum absolute atomic E-state index is 11.8. The fourth-order valence-electron chi connectivity index (χ4n) is 2.18. The van der Waals surface area contributed by atoms with Crippen LogP contribution in [0.25, 0.3) is 11.3 Å². The molecule has 1 amide bonds. The van der Waals surface area contributed by atoms with Crippen LogP contribution in [0.15, 0.2) is 30.6 Å². The Morgan fingerprint density at radius 1 is 1.22 bits per heavy atom. The number of aromatic nitrogens is 3. The monoisotopic (exact) mass is 242 g/mol. The summed E-state index contributed by atoms with van der Waals surface area (Å²) in [7, 11) is 0. The highest BCUT2D eigenvalue weighted by molar-refractivity contribution is 5.93. The highest BCUT2D eigenvalue weighted by Crippen LogP contribution is 2.23. The first-order chi connectivity index (χ1) is 8.84. The Balaban J connectivity index is 1.87. The molecule has 3 heterocycles. The van der Waals surface area contributed by atoms with Crippen molar-refractivity contribution in [2.24, 2.45) is 0 Å². The van der Waals surface area contributed by atoms with Crippen LogP contribution in [0, 0.1) is 0 Å². The highest BCUT2D eigenvalue weighted by Gasteiger charge is 2.21. The Bertz CT molecular complexity index is 549. The standard InChI is InChI=1S/C13H14N4O/c18-13-3-1-2-8-17(13)12-9-11(15-16-12)10-4-6-14-7-5-10/h4-7,9H,1-3,8H2,(H,15,16). The van der Waals surface area contributed by atoms with Crippen LogP contribution < -0.4 is 4.90 Å². The van der Waals surface area contributed by atoms with E-state index in [0.717, 1.165) is 30.6 Å². The lowest BCUT2D eigenvalue weighted by Gasteiger charge is -2.24. The number of rotatable bonds is 2. The molecule has 1 N–H and O–H groups in total. The number of carbonyl (C=O) groups is 1. The first kappa shape index (κ1) is 11.0. The number of hydrogen-bond acceptors (Lipinski definition) is 3. The average Bonchev–Trinajstić information content (AvgIpc) is 2.90. The van der Waals surface area contributed by atoms with Gasteiger partial charge in [-0.1, -0.05) is 0 Å². The maximum atomic E-state index is 11.8. The summed E-state index contributed by atoms with van der Waals surface area (Å²) in [6, 6.07) is 5.74. The summed E-state index contributed by atoms with van der Waals surface area (Å²) in [6.45, 7) is 0.763. The van der Waals surface area contributed by atoms with E-state index in [1.807, 2.05) is 18.2 Å². The van der Waals surface area contributed by atoms with Crippen molar-refractivity contribution in [1.82, 2.24) is 15.2 Å². The summed E-state index contributed by atoms with van der Waals surface area (Å²) in [5.74, 6) is 0.876. The van der Waals surface area contributed by atoms with Crippen molar-refractivity contribution < 1.29 is 4.79 Å². The topological polar surface area (TPSA) is 61.9 Å². The molecule has 2 aromatic rings. The molecule has 5 heteroatoms. The normalized spacial score (nSPS) is 16.0. The lowest BCUT2D eigenvalue weighted by Crippen LogP contribution is -2.35. The molecule has 1 fully saturated rings. The van der Waals surface area contributed by atoms with Crippen LogP contribution in [0.1, 0.15) is 19.3 Å². The van der Waals surface area contributed by atoms with E-state index in [1.54, 1.807) is 17.3 Å². The molecule has 0 aromatic carbocycles. The van der Waals surface area contributed by atoms with Gasteiger partial charge in [-0.25, -0.2) is 0 Å². The summed E-state index contributed by atoms with van der Waals surface area (Å²) in [4.78, 5) is 17.5. The van der Waals surface area contributed by atoms with Crippen LogP contribution in [0.3, 0.4) is 0 Å². The van der Waals surface area contributed by atoms with E-state index in [-0.39, 0.29) is 5.91 Å². The van der Waals surface area contributed by atoms with Crippen molar-refractivity contribution >= 4 is 11.7 Å². The van der Waals surface area contributed by atoms with Gasteiger partial charge in [0.2, 0.25) is 5.91 Å². The number of aromatic amines is 1. The van der Waals surface area contributed by atoms with Gasteiger partial charge in [0.1, 0.15) is 0 Å². The third-order valence-electron chi connectivity index (χ3n) is 3.16. The Hall–Kier alpha value is -2.17. The fourth-order valence-corrected chi connectivity index (χ4v) is 2.18. The van der Waals surface area contributed by atoms with Crippen LogP contribution in [-0.2, 0) is 4.79 Å². The van der Waals surface area contributed by atoms with Gasteiger partial charge in [-0.3, -0.25) is 19.8 Å². The molecule has 5 nitrogen and oxygen atoms in total. The van der Waals surface area contributed by atoms with Crippen LogP contribution >= 0.6 is 0 Å². The number of H-pyrrole nitrogens is 1. The molecular weight excluding hydrogens is 228 g/mol. The van der Waals surface area contributed by atoms with Gasteiger partial charge in [0, 0.05) is 37.0 Å². The summed E-state index contributed by atoms with van der Waals surface area (Å²) in [6.07, 6.45) is 6.13. The largest absolute Gasteiger partial charge is 0.295 e. The zero-order valence-corrected chi connectivity index (χ0v) is 9.97. The van der Waals surface area contributed by atoms with Crippen molar-refractivity contribution in [1.29, 1.82) is 0 Å². The molecule has 3 rings (SSSR count). The van der Waals surface area contributed by atoms with E-state index in [4.69, 9.17) is 0 Å². The molecule has 0 aliphatic carbocycles. The quantitative estimate of drug-likeness (QED) is 0.876. The van der Waals surface area contributed by atoms with Gasteiger partial charge in [-0.05, 0) is 25.0 Å². The summed E-state index contributed by atoms with van der Waals surface area (Å²) in [5, 5.41) is 7.19. The maximum Gasteiger partial charge on any atom is 0.228 e. The Morgan fingerprint density at radius 2 is 2.06 bits per heavy atom. The van der Waals surface area contributed by atoms with Gasteiger partial charge >= 0.3 is 0 Å². The van der Waals surface area contributed by atoms with Crippen LogP contribution in [-0.4, -0.2) is 27.6 Å². The van der Waals surface area contributed by atoms with Gasteiger partial charge in [0.15, 0.2) is 5.82 Å². The molecular formula is C13H14N4O. The average molecular weight is 242 g/mol. The first-order valence-corrected chi connectivity index (χ1v) is 6.11. The third-order valence-corrected chi connectivity index (χ3v) is 3.16. The summed E-state index contributed by atoms with van der Waals surface area (Å²) < 4.78 is 0. The predicted molar refractivity (Wildman–Crippen MR) is 68.0 cm³/mol. The SMILES string of the molecule is O=C1CCCCN1c1cc(-c2ccncc2)[nH]n1. The van der Waals surface area contributed by atoms with E-state index in [0.29, 0.717) is 12.2 Å². The van der Waals surface area contributed by atoms with E-state index in [1.165, 1.54) is 0 Å². The molecule has 0 bridgehead atoms. The zero-order chi connectivity index (χ0) is 12.4. The molecule has 0 radical (unpaired) electrons. The van der Waals surface area contributed by atoms with Gasteiger partial charge in [0.05, 0.1) is 5.69 Å². The second-order valence-electron chi connectivity index (χ2n) is 4.38. The van der Waals surface area contributed by atoms with Crippen LogP contribution in [0.4, 0.5) is 5.82 Å². The smallest absolute Gasteiger partial charge is 0.228 e. The van der Waals surface area contributed by atoms with Gasteiger partial charge in [0.25, 0.3) is 0 Å². The molecule has 1 aliphatic heterocycles. The molecule has 2 aromatic heterocycles. The lowest BCUT2D eigenvalue weighted by molar-refractivity contribution is -0.119. The minimum absolute atomic E-state index is 0.161. The number of amides is 1. The number of carbonyl (C=O) groups excluding carboxylic acids is 1. The number of anilines is 1. The predicted octanol–water partition coefficient (Wildman–Crippen LogP) is 1.99.